The van der Waals surface area contributed by atoms with Gasteiger partial charge in [-0.15, -0.1) is 0 Å². The van der Waals surface area contributed by atoms with Gasteiger partial charge in [-0.3, -0.25) is 4.79 Å². The van der Waals surface area contributed by atoms with Gasteiger partial charge in [0.15, 0.2) is 16.6 Å². The second-order valence-electron chi connectivity index (χ2n) is 5.48. The molecule has 0 aliphatic carbocycles. The third kappa shape index (κ3) is 2.83. The SMILES string of the molecule is O=C1/C(=C/c2ccc3c(c2)OCCO3)NC(=S)N1c1ccccc1F. The molecule has 2 heterocycles. The molecule has 126 valence electrons. The number of thiocarbonyl (C=S) groups is 1. The molecule has 1 saturated heterocycles. The van der Waals surface area contributed by atoms with E-state index in [0.717, 1.165) is 10.5 Å². The minimum absolute atomic E-state index is 0.121. The van der Waals surface area contributed by atoms with E-state index in [1.807, 2.05) is 6.07 Å². The fourth-order valence-electron chi connectivity index (χ4n) is 2.70. The van der Waals surface area contributed by atoms with E-state index in [1.165, 1.54) is 12.1 Å². The highest BCUT2D eigenvalue weighted by Gasteiger charge is 2.33. The van der Waals surface area contributed by atoms with Gasteiger partial charge in [-0.2, -0.15) is 0 Å². The lowest BCUT2D eigenvalue weighted by molar-refractivity contribution is -0.113. The van der Waals surface area contributed by atoms with Crippen LogP contribution in [0.15, 0.2) is 48.2 Å². The monoisotopic (exact) mass is 356 g/mol. The topological polar surface area (TPSA) is 50.8 Å². The average Bonchev–Trinajstić information content (AvgIpc) is 2.89. The van der Waals surface area contributed by atoms with Crippen molar-refractivity contribution in [3.05, 3.63) is 59.5 Å². The molecule has 5 nitrogen and oxygen atoms in total. The first kappa shape index (κ1) is 15.6. The lowest BCUT2D eigenvalue weighted by Gasteiger charge is -2.18. The van der Waals surface area contributed by atoms with Gasteiger partial charge in [0.2, 0.25) is 0 Å². The van der Waals surface area contributed by atoms with Crippen LogP contribution in [0.2, 0.25) is 0 Å². The number of halogens is 1. The number of nitrogens with zero attached hydrogens (tertiary/aromatic N) is 1. The molecule has 0 radical (unpaired) electrons. The zero-order valence-corrected chi connectivity index (χ0v) is 13.8. The van der Waals surface area contributed by atoms with Crippen LogP contribution in [0.1, 0.15) is 5.56 Å². The Morgan fingerprint density at radius 2 is 1.88 bits per heavy atom. The summed E-state index contributed by atoms with van der Waals surface area (Å²) in [7, 11) is 0. The van der Waals surface area contributed by atoms with Crippen LogP contribution in [0.5, 0.6) is 11.5 Å². The molecular formula is C18H13FN2O3S. The fourth-order valence-corrected chi connectivity index (χ4v) is 2.99. The number of hydrogen-bond acceptors (Lipinski definition) is 4. The zero-order valence-electron chi connectivity index (χ0n) is 13.0. The van der Waals surface area contributed by atoms with Crippen molar-refractivity contribution in [2.75, 3.05) is 18.1 Å². The lowest BCUT2D eigenvalue weighted by Crippen LogP contribution is -2.31. The van der Waals surface area contributed by atoms with Crippen molar-refractivity contribution < 1.29 is 18.7 Å². The molecule has 2 aliphatic heterocycles. The number of hydrogen-bond donors (Lipinski definition) is 1. The predicted octanol–water partition coefficient (Wildman–Crippen LogP) is 2.86. The molecule has 0 atom stereocenters. The van der Waals surface area contributed by atoms with Crippen LogP contribution in [-0.4, -0.2) is 24.2 Å². The Hall–Kier alpha value is -2.93. The number of carbonyl (C=O) groups excluding carboxylic acids is 1. The number of fused-ring (bicyclic) bond motifs is 1. The van der Waals surface area contributed by atoms with Crippen LogP contribution >= 0.6 is 12.2 Å². The number of nitrogens with one attached hydrogen (secondary N) is 1. The molecule has 2 aliphatic rings. The molecule has 0 unspecified atom stereocenters. The molecule has 1 fully saturated rings. The van der Waals surface area contributed by atoms with Crippen LogP contribution in [0.3, 0.4) is 0 Å². The molecule has 2 aromatic rings. The highest BCUT2D eigenvalue weighted by molar-refractivity contribution is 7.80. The van der Waals surface area contributed by atoms with Gasteiger partial charge in [-0.25, -0.2) is 9.29 Å². The Morgan fingerprint density at radius 1 is 1.12 bits per heavy atom. The minimum Gasteiger partial charge on any atom is -0.486 e. The predicted molar refractivity (Wildman–Crippen MR) is 95.0 cm³/mol. The highest BCUT2D eigenvalue weighted by Crippen LogP contribution is 2.32. The zero-order chi connectivity index (χ0) is 17.4. The van der Waals surface area contributed by atoms with Crippen molar-refractivity contribution in [2.24, 2.45) is 0 Å². The molecule has 1 amide bonds. The lowest BCUT2D eigenvalue weighted by atomic mass is 10.1. The number of benzene rings is 2. The first-order valence-corrected chi connectivity index (χ1v) is 8.05. The van der Waals surface area contributed by atoms with Gasteiger partial charge < -0.3 is 14.8 Å². The molecule has 7 heteroatoms. The molecule has 4 rings (SSSR count). The normalized spacial score (nSPS) is 17.8. The Morgan fingerprint density at radius 3 is 2.68 bits per heavy atom. The van der Waals surface area contributed by atoms with Crippen LogP contribution in [0.25, 0.3) is 6.08 Å². The van der Waals surface area contributed by atoms with Crippen molar-refractivity contribution in [1.29, 1.82) is 0 Å². The Balaban J connectivity index is 1.66. The number of amides is 1. The summed E-state index contributed by atoms with van der Waals surface area (Å²) in [6, 6.07) is 11.4. The quantitative estimate of drug-likeness (QED) is 0.662. The molecule has 1 N–H and O–H groups in total. The molecule has 0 aromatic heterocycles. The van der Waals surface area contributed by atoms with Crippen LogP contribution in [0.4, 0.5) is 10.1 Å². The summed E-state index contributed by atoms with van der Waals surface area (Å²) in [5.41, 5.74) is 1.14. The molecule has 0 spiro atoms. The maximum atomic E-state index is 14.0. The largest absolute Gasteiger partial charge is 0.486 e. The maximum absolute atomic E-state index is 14.0. The standard InChI is InChI=1S/C18H13FN2O3S/c19-12-3-1-2-4-14(12)21-17(22)13(20-18(21)25)9-11-5-6-15-16(10-11)24-8-7-23-15/h1-6,9-10H,7-8H2,(H,20,25)/b13-9-. The molecule has 0 saturated carbocycles. The van der Waals surface area contributed by atoms with Crippen molar-refractivity contribution >= 4 is 35.0 Å². The van der Waals surface area contributed by atoms with E-state index >= 15 is 0 Å². The Bertz CT molecular complexity index is 913. The molecule has 0 bridgehead atoms. The van der Waals surface area contributed by atoms with Gasteiger partial charge >= 0.3 is 0 Å². The average molecular weight is 356 g/mol. The van der Waals surface area contributed by atoms with E-state index in [2.05, 4.69) is 5.32 Å². The van der Waals surface area contributed by atoms with Gasteiger partial charge in [-0.05, 0) is 48.1 Å². The summed E-state index contributed by atoms with van der Waals surface area (Å²) < 4.78 is 25.0. The third-order valence-corrected chi connectivity index (χ3v) is 4.13. The van der Waals surface area contributed by atoms with Crippen molar-refractivity contribution in [1.82, 2.24) is 5.32 Å². The van der Waals surface area contributed by atoms with E-state index in [1.54, 1.807) is 30.3 Å². The highest BCUT2D eigenvalue weighted by atomic mass is 32.1. The second-order valence-corrected chi connectivity index (χ2v) is 5.87. The van der Waals surface area contributed by atoms with Gasteiger partial charge in [0.25, 0.3) is 5.91 Å². The molecule has 25 heavy (non-hydrogen) atoms. The third-order valence-electron chi connectivity index (χ3n) is 3.85. The fraction of sp³-hybridized carbons (Fsp3) is 0.111. The summed E-state index contributed by atoms with van der Waals surface area (Å²) >= 11 is 5.19. The van der Waals surface area contributed by atoms with Crippen LogP contribution in [0, 0.1) is 5.82 Å². The summed E-state index contributed by atoms with van der Waals surface area (Å²) in [5.74, 6) is 0.368. The van der Waals surface area contributed by atoms with Crippen molar-refractivity contribution in [3.63, 3.8) is 0 Å². The Labute approximate surface area is 148 Å². The summed E-state index contributed by atoms with van der Waals surface area (Å²) in [6.07, 6.45) is 1.65. The van der Waals surface area contributed by atoms with Gasteiger partial charge in [0, 0.05) is 0 Å². The van der Waals surface area contributed by atoms with E-state index in [-0.39, 0.29) is 16.5 Å². The first-order valence-electron chi connectivity index (χ1n) is 7.65. The smallest absolute Gasteiger partial charge is 0.281 e. The molecular weight excluding hydrogens is 343 g/mol. The van der Waals surface area contributed by atoms with E-state index in [4.69, 9.17) is 21.7 Å². The van der Waals surface area contributed by atoms with Gasteiger partial charge in [0.1, 0.15) is 24.7 Å². The van der Waals surface area contributed by atoms with Crippen LogP contribution < -0.4 is 19.7 Å². The van der Waals surface area contributed by atoms with E-state index in [9.17, 15) is 9.18 Å². The van der Waals surface area contributed by atoms with E-state index in [0.29, 0.717) is 24.7 Å². The van der Waals surface area contributed by atoms with Gasteiger partial charge in [-0.1, -0.05) is 18.2 Å². The number of anilines is 1. The first-order chi connectivity index (χ1) is 12.1. The number of para-hydroxylation sites is 1. The summed E-state index contributed by atoms with van der Waals surface area (Å²) in [5, 5.41) is 2.98. The van der Waals surface area contributed by atoms with E-state index < -0.39 is 11.7 Å². The minimum atomic E-state index is -0.513. The van der Waals surface area contributed by atoms with Crippen molar-refractivity contribution in [2.45, 2.75) is 0 Å². The number of rotatable bonds is 2. The molecule has 2 aromatic carbocycles. The number of carbonyl (C=O) groups is 1. The summed E-state index contributed by atoms with van der Waals surface area (Å²) in [4.78, 5) is 13.8. The van der Waals surface area contributed by atoms with Gasteiger partial charge in [0.05, 0.1) is 5.69 Å². The second kappa shape index (κ2) is 6.18. The number of ether oxygens (including phenoxy) is 2. The Kier molecular flexibility index (Phi) is 3.85. The van der Waals surface area contributed by atoms with Crippen molar-refractivity contribution in [3.8, 4) is 11.5 Å². The maximum Gasteiger partial charge on any atom is 0.281 e. The summed E-state index contributed by atoms with van der Waals surface area (Å²) in [6.45, 7) is 0.995. The van der Waals surface area contributed by atoms with Crippen LogP contribution in [-0.2, 0) is 4.79 Å².